The third-order valence-electron chi connectivity index (χ3n) is 4.32. The smallest absolute Gasteiger partial charge is 0.255 e. The van der Waals surface area contributed by atoms with Gasteiger partial charge in [0.25, 0.3) is 5.91 Å². The van der Waals surface area contributed by atoms with Crippen LogP contribution in [0.15, 0.2) is 60.8 Å². The van der Waals surface area contributed by atoms with Crippen LogP contribution in [0.5, 0.6) is 11.5 Å². The minimum atomic E-state index is -0.192. The fourth-order valence-corrected chi connectivity index (χ4v) is 2.71. The molecule has 3 aromatic rings. The molecule has 0 aliphatic carbocycles. The molecule has 0 bridgehead atoms. The molecule has 2 aromatic carbocycles. The van der Waals surface area contributed by atoms with Crippen molar-refractivity contribution < 1.29 is 14.3 Å². The highest BCUT2D eigenvalue weighted by Crippen LogP contribution is 2.30. The Morgan fingerprint density at radius 1 is 0.963 bits per heavy atom. The summed E-state index contributed by atoms with van der Waals surface area (Å²) in [6.45, 7) is 2.10. The highest BCUT2D eigenvalue weighted by atomic mass is 16.5. The summed E-state index contributed by atoms with van der Waals surface area (Å²) in [4.78, 5) is 17.0. The lowest BCUT2D eigenvalue weighted by atomic mass is 10.1. The van der Waals surface area contributed by atoms with Crippen molar-refractivity contribution in [1.82, 2.24) is 4.98 Å². The van der Waals surface area contributed by atoms with E-state index in [1.165, 1.54) is 5.56 Å². The SMILES string of the molecule is CCc1ccc(-c2ccc(C(=O)Nc3ccc(OC)c(OC)c3)cc2)nc1. The number of benzene rings is 2. The van der Waals surface area contributed by atoms with Gasteiger partial charge in [-0.2, -0.15) is 0 Å². The molecule has 1 aromatic heterocycles. The Labute approximate surface area is 159 Å². The van der Waals surface area contributed by atoms with E-state index in [2.05, 4.69) is 23.3 Å². The summed E-state index contributed by atoms with van der Waals surface area (Å²) in [6.07, 6.45) is 2.84. The predicted octanol–water partition coefficient (Wildman–Crippen LogP) is 4.58. The van der Waals surface area contributed by atoms with Gasteiger partial charge in [-0.05, 0) is 42.3 Å². The highest BCUT2D eigenvalue weighted by molar-refractivity contribution is 6.04. The van der Waals surface area contributed by atoms with Gasteiger partial charge in [0.05, 0.1) is 19.9 Å². The number of nitrogens with zero attached hydrogens (tertiary/aromatic N) is 1. The molecular weight excluding hydrogens is 340 g/mol. The van der Waals surface area contributed by atoms with Crippen LogP contribution in [-0.2, 0) is 6.42 Å². The van der Waals surface area contributed by atoms with Gasteiger partial charge < -0.3 is 14.8 Å². The summed E-state index contributed by atoms with van der Waals surface area (Å²) in [6, 6.07) is 16.7. The standard InChI is InChI=1S/C22H22N2O3/c1-4-15-5-11-19(23-14-15)16-6-8-17(9-7-16)22(25)24-18-10-12-20(26-2)21(13-18)27-3/h5-14H,4H2,1-3H3,(H,24,25). The van der Waals surface area contributed by atoms with Gasteiger partial charge in [0.2, 0.25) is 0 Å². The topological polar surface area (TPSA) is 60.5 Å². The Kier molecular flexibility index (Phi) is 5.71. The molecule has 1 N–H and O–H groups in total. The van der Waals surface area contributed by atoms with Gasteiger partial charge in [-0.1, -0.05) is 25.1 Å². The lowest BCUT2D eigenvalue weighted by Gasteiger charge is -2.11. The van der Waals surface area contributed by atoms with Crippen LogP contribution in [0.4, 0.5) is 5.69 Å². The monoisotopic (exact) mass is 362 g/mol. The van der Waals surface area contributed by atoms with E-state index in [0.717, 1.165) is 17.7 Å². The average molecular weight is 362 g/mol. The van der Waals surface area contributed by atoms with E-state index in [-0.39, 0.29) is 5.91 Å². The average Bonchev–Trinajstić information content (AvgIpc) is 2.73. The Hall–Kier alpha value is -3.34. The van der Waals surface area contributed by atoms with E-state index in [0.29, 0.717) is 22.7 Å². The summed E-state index contributed by atoms with van der Waals surface area (Å²) in [5, 5.41) is 2.87. The molecule has 0 atom stereocenters. The van der Waals surface area contributed by atoms with E-state index in [1.807, 2.05) is 24.4 Å². The molecule has 138 valence electrons. The van der Waals surface area contributed by atoms with E-state index in [1.54, 1.807) is 44.6 Å². The summed E-state index contributed by atoms with van der Waals surface area (Å²) < 4.78 is 10.5. The van der Waals surface area contributed by atoms with Gasteiger partial charge in [0.1, 0.15) is 0 Å². The molecule has 1 amide bonds. The molecule has 1 heterocycles. The summed E-state index contributed by atoms with van der Waals surface area (Å²) in [7, 11) is 3.13. The number of hydrogen-bond donors (Lipinski definition) is 1. The summed E-state index contributed by atoms with van der Waals surface area (Å²) >= 11 is 0. The van der Waals surface area contributed by atoms with Crippen LogP contribution in [0.1, 0.15) is 22.8 Å². The van der Waals surface area contributed by atoms with E-state index >= 15 is 0 Å². The fraction of sp³-hybridized carbons (Fsp3) is 0.182. The largest absolute Gasteiger partial charge is 0.493 e. The van der Waals surface area contributed by atoms with Gasteiger partial charge in [-0.25, -0.2) is 0 Å². The molecule has 0 saturated carbocycles. The zero-order valence-corrected chi connectivity index (χ0v) is 15.7. The first-order valence-corrected chi connectivity index (χ1v) is 8.73. The number of amides is 1. The maximum Gasteiger partial charge on any atom is 0.255 e. The number of methoxy groups -OCH3 is 2. The molecule has 0 saturated heterocycles. The van der Waals surface area contributed by atoms with Gasteiger partial charge in [-0.3, -0.25) is 9.78 Å². The van der Waals surface area contributed by atoms with Crippen molar-refractivity contribution in [2.24, 2.45) is 0 Å². The van der Waals surface area contributed by atoms with Crippen LogP contribution >= 0.6 is 0 Å². The molecule has 5 nitrogen and oxygen atoms in total. The third kappa shape index (κ3) is 4.26. The molecule has 5 heteroatoms. The Morgan fingerprint density at radius 3 is 2.30 bits per heavy atom. The molecule has 0 fully saturated rings. The van der Waals surface area contributed by atoms with Crippen LogP contribution < -0.4 is 14.8 Å². The number of hydrogen-bond acceptors (Lipinski definition) is 4. The van der Waals surface area contributed by atoms with Gasteiger partial charge in [-0.15, -0.1) is 0 Å². The summed E-state index contributed by atoms with van der Waals surface area (Å²) in [5.74, 6) is 0.983. The number of pyridine rings is 1. The molecule has 0 radical (unpaired) electrons. The maximum atomic E-state index is 12.5. The normalized spacial score (nSPS) is 10.3. The van der Waals surface area contributed by atoms with E-state index < -0.39 is 0 Å². The number of anilines is 1. The summed E-state index contributed by atoms with van der Waals surface area (Å²) in [5.41, 5.74) is 4.27. The number of carbonyl (C=O) groups is 1. The minimum Gasteiger partial charge on any atom is -0.493 e. The lowest BCUT2D eigenvalue weighted by Crippen LogP contribution is -2.11. The Bertz CT molecular complexity index is 919. The van der Waals surface area contributed by atoms with E-state index in [4.69, 9.17) is 9.47 Å². The maximum absolute atomic E-state index is 12.5. The number of rotatable bonds is 6. The van der Waals surface area contributed by atoms with Crippen LogP contribution in [0.25, 0.3) is 11.3 Å². The molecular formula is C22H22N2O3. The van der Waals surface area contributed by atoms with Crippen molar-refractivity contribution >= 4 is 11.6 Å². The second-order valence-corrected chi connectivity index (χ2v) is 6.01. The predicted molar refractivity (Wildman–Crippen MR) is 107 cm³/mol. The molecule has 0 spiro atoms. The number of aromatic nitrogens is 1. The van der Waals surface area contributed by atoms with Crippen molar-refractivity contribution in [1.29, 1.82) is 0 Å². The highest BCUT2D eigenvalue weighted by Gasteiger charge is 2.10. The molecule has 0 aliphatic rings. The fourth-order valence-electron chi connectivity index (χ4n) is 2.71. The first-order valence-electron chi connectivity index (χ1n) is 8.73. The second-order valence-electron chi connectivity index (χ2n) is 6.01. The number of aryl methyl sites for hydroxylation is 1. The first-order chi connectivity index (χ1) is 13.1. The van der Waals surface area contributed by atoms with Crippen molar-refractivity contribution in [3.05, 3.63) is 71.9 Å². The minimum absolute atomic E-state index is 0.192. The van der Waals surface area contributed by atoms with Crippen molar-refractivity contribution in [3.63, 3.8) is 0 Å². The molecule has 0 unspecified atom stereocenters. The van der Waals surface area contributed by atoms with E-state index in [9.17, 15) is 4.79 Å². The molecule has 3 rings (SSSR count). The van der Waals surface area contributed by atoms with Crippen LogP contribution in [0, 0.1) is 0 Å². The van der Waals surface area contributed by atoms with Crippen molar-refractivity contribution in [3.8, 4) is 22.8 Å². The number of nitrogens with one attached hydrogen (secondary N) is 1. The van der Waals surface area contributed by atoms with Gasteiger partial charge in [0, 0.05) is 29.1 Å². The van der Waals surface area contributed by atoms with Crippen molar-refractivity contribution in [2.45, 2.75) is 13.3 Å². The zero-order valence-electron chi connectivity index (χ0n) is 15.7. The first kappa shape index (κ1) is 18.5. The van der Waals surface area contributed by atoms with Crippen LogP contribution in [0.2, 0.25) is 0 Å². The van der Waals surface area contributed by atoms with Crippen molar-refractivity contribution in [2.75, 3.05) is 19.5 Å². The Balaban J connectivity index is 1.73. The third-order valence-corrected chi connectivity index (χ3v) is 4.32. The number of ether oxygens (including phenoxy) is 2. The number of carbonyl (C=O) groups excluding carboxylic acids is 1. The van der Waals surface area contributed by atoms with Crippen LogP contribution in [-0.4, -0.2) is 25.1 Å². The molecule has 27 heavy (non-hydrogen) atoms. The van der Waals surface area contributed by atoms with Gasteiger partial charge >= 0.3 is 0 Å². The second kappa shape index (κ2) is 8.36. The quantitative estimate of drug-likeness (QED) is 0.697. The van der Waals surface area contributed by atoms with Crippen LogP contribution in [0.3, 0.4) is 0 Å². The zero-order chi connectivity index (χ0) is 19.2. The Morgan fingerprint density at radius 2 is 1.70 bits per heavy atom. The lowest BCUT2D eigenvalue weighted by molar-refractivity contribution is 0.102. The molecule has 0 aliphatic heterocycles. The van der Waals surface area contributed by atoms with Gasteiger partial charge in [0.15, 0.2) is 11.5 Å².